The molecule has 1 atom stereocenters. The molecular formula is C17H27NO2Si. The normalized spacial score (nSPS) is 20.7. The molecule has 0 aliphatic carbocycles. The summed E-state index contributed by atoms with van der Waals surface area (Å²) in [7, 11) is -1.79. The molecule has 21 heavy (non-hydrogen) atoms. The minimum atomic E-state index is -1.79. The highest BCUT2D eigenvalue weighted by atomic mass is 28.4. The highest BCUT2D eigenvalue weighted by Gasteiger charge is 2.42. The topological polar surface area (TPSA) is 29.5 Å². The van der Waals surface area contributed by atoms with E-state index in [1.807, 2.05) is 12.1 Å². The minimum Gasteiger partial charge on any atom is -0.342 e. The Kier molecular flexibility index (Phi) is 4.71. The average Bonchev–Trinajstić information content (AvgIpc) is 2.85. The third-order valence-corrected chi connectivity index (χ3v) is 9.12. The Morgan fingerprint density at radius 1 is 1.24 bits per heavy atom. The Morgan fingerprint density at radius 3 is 2.38 bits per heavy atom. The largest absolute Gasteiger partial charge is 0.342 e. The van der Waals surface area contributed by atoms with Crippen molar-refractivity contribution in [2.45, 2.75) is 57.8 Å². The van der Waals surface area contributed by atoms with Gasteiger partial charge in [-0.05, 0) is 36.5 Å². The number of carbonyl (C=O) groups is 1. The van der Waals surface area contributed by atoms with E-state index in [-0.39, 0.29) is 5.04 Å². The molecule has 0 bridgehead atoms. The van der Waals surface area contributed by atoms with Crippen LogP contribution < -0.4 is 0 Å². The van der Waals surface area contributed by atoms with E-state index in [0.717, 1.165) is 31.2 Å². The van der Waals surface area contributed by atoms with Gasteiger partial charge in [0.15, 0.2) is 0 Å². The van der Waals surface area contributed by atoms with Crippen molar-refractivity contribution in [3.05, 3.63) is 35.4 Å². The Labute approximate surface area is 129 Å². The summed E-state index contributed by atoms with van der Waals surface area (Å²) in [5.41, 5.74) is 1.98. The molecule has 1 aliphatic rings. The van der Waals surface area contributed by atoms with Gasteiger partial charge in [0.25, 0.3) is 0 Å². The molecule has 0 spiro atoms. The molecule has 1 unspecified atom stereocenters. The van der Waals surface area contributed by atoms with Crippen LogP contribution in [0.2, 0.25) is 18.1 Å². The van der Waals surface area contributed by atoms with Crippen LogP contribution in [0.3, 0.4) is 0 Å². The quantitative estimate of drug-likeness (QED) is 0.602. The molecule has 0 radical (unpaired) electrons. The lowest BCUT2D eigenvalue weighted by Crippen LogP contribution is -2.46. The number of rotatable bonds is 4. The van der Waals surface area contributed by atoms with Crippen LogP contribution in [0.4, 0.5) is 0 Å². The van der Waals surface area contributed by atoms with Gasteiger partial charge in [0, 0.05) is 12.1 Å². The van der Waals surface area contributed by atoms with Gasteiger partial charge in [-0.15, -0.1) is 0 Å². The molecule has 4 heteroatoms. The van der Waals surface area contributed by atoms with Gasteiger partial charge in [-0.1, -0.05) is 45.0 Å². The van der Waals surface area contributed by atoms with Crippen molar-refractivity contribution in [2.24, 2.45) is 0 Å². The fourth-order valence-corrected chi connectivity index (χ4v) is 3.49. The monoisotopic (exact) mass is 305 g/mol. The Morgan fingerprint density at radius 2 is 1.86 bits per heavy atom. The molecule has 1 fully saturated rings. The summed E-state index contributed by atoms with van der Waals surface area (Å²) >= 11 is 0. The molecule has 1 heterocycles. The van der Waals surface area contributed by atoms with Gasteiger partial charge >= 0.3 is 0 Å². The van der Waals surface area contributed by atoms with Gasteiger partial charge in [-0.3, -0.25) is 4.79 Å². The maximum atomic E-state index is 10.8. The van der Waals surface area contributed by atoms with Crippen LogP contribution in [-0.4, -0.2) is 26.2 Å². The van der Waals surface area contributed by atoms with E-state index in [2.05, 4.69) is 51.1 Å². The third kappa shape index (κ3) is 3.62. The van der Waals surface area contributed by atoms with E-state index in [1.165, 1.54) is 5.56 Å². The Hall–Kier alpha value is -0.973. The summed E-state index contributed by atoms with van der Waals surface area (Å²) < 4.78 is 6.49. The predicted molar refractivity (Wildman–Crippen MR) is 88.8 cm³/mol. The molecular weight excluding hydrogens is 278 g/mol. The molecule has 3 nitrogen and oxygen atoms in total. The lowest BCUT2D eigenvalue weighted by Gasteiger charge is -2.40. The summed E-state index contributed by atoms with van der Waals surface area (Å²) in [6, 6.07) is 8.22. The number of carbonyl (C=O) groups excluding carboxylic acids is 1. The van der Waals surface area contributed by atoms with Crippen LogP contribution in [0, 0.1) is 0 Å². The molecule has 1 aliphatic heterocycles. The van der Waals surface area contributed by atoms with E-state index in [1.54, 1.807) is 0 Å². The first kappa shape index (κ1) is 16.4. The fraction of sp³-hybridized carbons (Fsp3) is 0.588. The molecule has 0 saturated carbocycles. The van der Waals surface area contributed by atoms with Crippen molar-refractivity contribution in [1.82, 2.24) is 5.06 Å². The van der Waals surface area contributed by atoms with Gasteiger partial charge in [-0.25, -0.2) is 0 Å². The Balaban J connectivity index is 2.14. The highest BCUT2D eigenvalue weighted by molar-refractivity contribution is 6.74. The van der Waals surface area contributed by atoms with E-state index >= 15 is 0 Å². The van der Waals surface area contributed by atoms with Crippen LogP contribution in [0.25, 0.3) is 0 Å². The summed E-state index contributed by atoms with van der Waals surface area (Å²) in [5.74, 6) is 0. The summed E-state index contributed by atoms with van der Waals surface area (Å²) in [6.07, 6.45) is 3.17. The van der Waals surface area contributed by atoms with Crippen molar-refractivity contribution in [1.29, 1.82) is 0 Å². The third-order valence-electron chi connectivity index (χ3n) is 4.81. The molecule has 1 aromatic rings. The van der Waals surface area contributed by atoms with Crippen LogP contribution in [0.1, 0.15) is 55.6 Å². The molecule has 0 amide bonds. The number of hydroxylamine groups is 2. The zero-order chi connectivity index (χ0) is 15.7. The fourth-order valence-electron chi connectivity index (χ4n) is 2.41. The maximum Gasteiger partial charge on any atom is 0.220 e. The van der Waals surface area contributed by atoms with Crippen molar-refractivity contribution in [3.8, 4) is 0 Å². The molecule has 2 rings (SSSR count). The second kappa shape index (κ2) is 6.03. The maximum absolute atomic E-state index is 10.8. The highest BCUT2D eigenvalue weighted by Crippen LogP contribution is 2.41. The minimum absolute atomic E-state index is 0.210. The first-order chi connectivity index (χ1) is 9.74. The molecule has 116 valence electrons. The lowest BCUT2D eigenvalue weighted by atomic mass is 10.0. The van der Waals surface area contributed by atoms with Crippen molar-refractivity contribution in [3.63, 3.8) is 0 Å². The van der Waals surface area contributed by atoms with Gasteiger partial charge < -0.3 is 4.53 Å². The average molecular weight is 305 g/mol. The summed E-state index contributed by atoms with van der Waals surface area (Å²) in [4.78, 5) is 10.8. The zero-order valence-corrected chi connectivity index (χ0v) is 14.8. The summed E-state index contributed by atoms with van der Waals surface area (Å²) in [5, 5.41) is 2.40. The second-order valence-electron chi connectivity index (χ2n) is 7.43. The molecule has 0 aromatic heterocycles. The van der Waals surface area contributed by atoms with Gasteiger partial charge in [-0.2, -0.15) is 5.06 Å². The van der Waals surface area contributed by atoms with Crippen LogP contribution >= 0.6 is 0 Å². The molecule has 1 aromatic carbocycles. The number of nitrogens with zero attached hydrogens (tertiary/aromatic N) is 1. The number of benzene rings is 1. The summed E-state index contributed by atoms with van der Waals surface area (Å²) in [6.45, 7) is 12.4. The van der Waals surface area contributed by atoms with Crippen molar-refractivity contribution >= 4 is 14.6 Å². The van der Waals surface area contributed by atoms with E-state index in [0.29, 0.717) is 6.04 Å². The van der Waals surface area contributed by atoms with E-state index in [4.69, 9.17) is 4.53 Å². The number of hydrogen-bond donors (Lipinski definition) is 0. The van der Waals surface area contributed by atoms with E-state index < -0.39 is 8.32 Å². The molecule has 0 N–H and O–H groups in total. The second-order valence-corrected chi connectivity index (χ2v) is 12.1. The van der Waals surface area contributed by atoms with Gasteiger partial charge in [0.1, 0.15) is 6.29 Å². The van der Waals surface area contributed by atoms with Gasteiger partial charge in [0.2, 0.25) is 8.32 Å². The first-order valence-electron chi connectivity index (χ1n) is 7.75. The van der Waals surface area contributed by atoms with Crippen molar-refractivity contribution in [2.75, 3.05) is 6.54 Å². The molecule has 1 saturated heterocycles. The number of aldehydes is 1. The number of hydrogen-bond acceptors (Lipinski definition) is 3. The van der Waals surface area contributed by atoms with Crippen molar-refractivity contribution < 1.29 is 9.32 Å². The lowest BCUT2D eigenvalue weighted by molar-refractivity contribution is -0.0862. The zero-order valence-electron chi connectivity index (χ0n) is 13.8. The smallest absolute Gasteiger partial charge is 0.220 e. The SMILES string of the molecule is CC(C)(C)[Si](C)(C)ON1CCCC1c1ccc(C=O)cc1. The standard InChI is InChI=1S/C17H27NO2Si/c1-17(2,3)21(4,5)20-18-12-6-7-16(18)15-10-8-14(13-19)9-11-15/h8-11,13,16H,6-7,12H2,1-5H3. The Bertz CT molecular complexity index is 491. The first-order valence-corrected chi connectivity index (χ1v) is 10.7. The predicted octanol–water partition coefficient (Wildman–Crippen LogP) is 4.57. The van der Waals surface area contributed by atoms with Crippen LogP contribution in [-0.2, 0) is 4.53 Å². The van der Waals surface area contributed by atoms with E-state index in [9.17, 15) is 4.79 Å². The van der Waals surface area contributed by atoms with Crippen LogP contribution in [0.5, 0.6) is 0 Å². The van der Waals surface area contributed by atoms with Gasteiger partial charge in [0.05, 0.1) is 6.04 Å². The van der Waals surface area contributed by atoms with Crippen LogP contribution in [0.15, 0.2) is 24.3 Å².